The predicted octanol–water partition coefficient (Wildman–Crippen LogP) is 3.54. The summed E-state index contributed by atoms with van der Waals surface area (Å²) in [5.74, 6) is -0.882. The van der Waals surface area contributed by atoms with Crippen LogP contribution in [0.2, 0.25) is 0 Å². The third kappa shape index (κ3) is 7.07. The molecular weight excluding hydrogens is 450 g/mol. The van der Waals surface area contributed by atoms with E-state index in [1.54, 1.807) is 12.1 Å². The van der Waals surface area contributed by atoms with Crippen molar-refractivity contribution < 1.29 is 18.0 Å². The number of sulfonamides is 1. The summed E-state index contributed by atoms with van der Waals surface area (Å²) in [7, 11) is -3.89. The molecular formula is C26H29N3O4S. The summed E-state index contributed by atoms with van der Waals surface area (Å²) in [6, 6.07) is 22.3. The molecule has 0 saturated heterocycles. The number of benzene rings is 2. The quantitative estimate of drug-likeness (QED) is 0.438. The van der Waals surface area contributed by atoms with E-state index in [4.69, 9.17) is 0 Å². The zero-order valence-electron chi connectivity index (χ0n) is 19.3. The first-order valence-corrected chi connectivity index (χ1v) is 12.6. The highest BCUT2D eigenvalue weighted by atomic mass is 32.2. The van der Waals surface area contributed by atoms with Crippen LogP contribution in [-0.4, -0.2) is 38.2 Å². The lowest BCUT2D eigenvalue weighted by Gasteiger charge is -2.20. The van der Waals surface area contributed by atoms with Gasteiger partial charge in [0.25, 0.3) is 10.0 Å². The van der Waals surface area contributed by atoms with Gasteiger partial charge in [-0.05, 0) is 41.2 Å². The first-order valence-electron chi connectivity index (χ1n) is 11.1. The summed E-state index contributed by atoms with van der Waals surface area (Å²) in [6.07, 6.45) is 1.98. The lowest BCUT2D eigenvalue weighted by molar-refractivity contribution is -0.126. The predicted molar refractivity (Wildman–Crippen MR) is 132 cm³/mol. The summed E-state index contributed by atoms with van der Waals surface area (Å²) in [6.45, 7) is 3.38. The number of pyridine rings is 1. The van der Waals surface area contributed by atoms with Crippen molar-refractivity contribution in [1.29, 1.82) is 0 Å². The highest BCUT2D eigenvalue weighted by molar-refractivity contribution is 7.89. The van der Waals surface area contributed by atoms with E-state index < -0.39 is 28.3 Å². The van der Waals surface area contributed by atoms with E-state index in [2.05, 4.69) is 15.0 Å². The van der Waals surface area contributed by atoms with Gasteiger partial charge in [0, 0.05) is 6.20 Å². The molecule has 0 bridgehead atoms. The van der Waals surface area contributed by atoms with E-state index in [1.165, 1.54) is 12.3 Å². The normalized spacial score (nSPS) is 12.3. The van der Waals surface area contributed by atoms with Crippen molar-refractivity contribution in [3.8, 4) is 11.1 Å². The molecule has 1 aromatic heterocycles. The average molecular weight is 480 g/mol. The highest BCUT2D eigenvalue weighted by Gasteiger charge is 2.23. The number of hydrogen-bond donors (Lipinski definition) is 2. The van der Waals surface area contributed by atoms with E-state index in [0.717, 1.165) is 16.7 Å². The number of Topliss-reactive ketones (excluding diaryl/α,β-unsaturated/α-hetero) is 1. The minimum atomic E-state index is -3.89. The molecule has 0 aliphatic heterocycles. The second-order valence-electron chi connectivity index (χ2n) is 8.42. The van der Waals surface area contributed by atoms with Crippen LogP contribution in [0, 0.1) is 5.92 Å². The van der Waals surface area contributed by atoms with Gasteiger partial charge in [0.05, 0.1) is 19.0 Å². The molecule has 0 unspecified atom stereocenters. The zero-order valence-corrected chi connectivity index (χ0v) is 20.1. The molecule has 1 heterocycles. The van der Waals surface area contributed by atoms with Gasteiger partial charge in [-0.25, -0.2) is 18.1 Å². The van der Waals surface area contributed by atoms with Gasteiger partial charge < -0.3 is 5.32 Å². The maximum atomic E-state index is 13.0. The second-order valence-corrected chi connectivity index (χ2v) is 10.1. The molecule has 0 saturated carbocycles. The summed E-state index contributed by atoms with van der Waals surface area (Å²) < 4.78 is 26.7. The Morgan fingerprint density at radius 2 is 1.59 bits per heavy atom. The molecule has 7 nitrogen and oxygen atoms in total. The lowest BCUT2D eigenvalue weighted by Crippen LogP contribution is -2.39. The van der Waals surface area contributed by atoms with E-state index in [-0.39, 0.29) is 23.4 Å². The Bertz CT molecular complexity index is 1210. The second kappa shape index (κ2) is 11.7. The van der Waals surface area contributed by atoms with E-state index in [1.807, 2.05) is 68.4 Å². The number of hydrogen-bond acceptors (Lipinski definition) is 5. The van der Waals surface area contributed by atoms with Crippen molar-refractivity contribution >= 4 is 21.7 Å². The van der Waals surface area contributed by atoms with E-state index >= 15 is 0 Å². The molecule has 2 aromatic carbocycles. The first-order chi connectivity index (χ1) is 16.3. The van der Waals surface area contributed by atoms with Crippen molar-refractivity contribution in [3.63, 3.8) is 0 Å². The van der Waals surface area contributed by atoms with Crippen LogP contribution in [0.5, 0.6) is 0 Å². The lowest BCUT2D eigenvalue weighted by atomic mass is 9.88. The smallest absolute Gasteiger partial charge is 0.258 e. The van der Waals surface area contributed by atoms with Gasteiger partial charge in [-0.1, -0.05) is 74.5 Å². The Labute approximate surface area is 200 Å². The summed E-state index contributed by atoms with van der Waals surface area (Å²) in [5.41, 5.74) is 2.94. The fourth-order valence-electron chi connectivity index (χ4n) is 3.56. The van der Waals surface area contributed by atoms with Crippen LogP contribution in [0.25, 0.3) is 11.1 Å². The number of rotatable bonds is 11. The van der Waals surface area contributed by atoms with Crippen LogP contribution in [0.4, 0.5) is 0 Å². The van der Waals surface area contributed by atoms with Crippen LogP contribution in [0.3, 0.4) is 0 Å². The number of carbonyl (C=O) groups excluding carboxylic acids is 2. The number of aromatic nitrogens is 1. The van der Waals surface area contributed by atoms with Gasteiger partial charge in [-0.3, -0.25) is 9.59 Å². The molecule has 3 rings (SSSR count). The van der Waals surface area contributed by atoms with Crippen LogP contribution >= 0.6 is 0 Å². The van der Waals surface area contributed by atoms with Gasteiger partial charge in [-0.15, -0.1) is 0 Å². The summed E-state index contributed by atoms with van der Waals surface area (Å²) in [4.78, 5) is 29.1. The number of nitrogens with one attached hydrogen (secondary N) is 2. The average Bonchev–Trinajstić information content (AvgIpc) is 2.85. The van der Waals surface area contributed by atoms with Crippen LogP contribution < -0.4 is 10.0 Å². The minimum Gasteiger partial charge on any atom is -0.348 e. The van der Waals surface area contributed by atoms with Crippen LogP contribution in [0.1, 0.15) is 31.7 Å². The molecule has 0 fully saturated rings. The van der Waals surface area contributed by atoms with Crippen LogP contribution in [0.15, 0.2) is 84.0 Å². The largest absolute Gasteiger partial charge is 0.348 e. The number of ketones is 1. The molecule has 34 heavy (non-hydrogen) atoms. The van der Waals surface area contributed by atoms with Crippen molar-refractivity contribution in [2.45, 2.75) is 31.2 Å². The zero-order chi connectivity index (χ0) is 24.6. The minimum absolute atomic E-state index is 0.165. The Kier molecular flexibility index (Phi) is 8.67. The van der Waals surface area contributed by atoms with Crippen molar-refractivity contribution in [3.05, 3.63) is 84.6 Å². The molecule has 8 heteroatoms. The Balaban J connectivity index is 1.64. The fraction of sp³-hybridized carbons (Fsp3) is 0.269. The highest BCUT2D eigenvalue weighted by Crippen LogP contribution is 2.28. The molecule has 0 aliphatic carbocycles. The number of carbonyl (C=O) groups is 2. The molecule has 0 radical (unpaired) electrons. The van der Waals surface area contributed by atoms with Gasteiger partial charge in [0.1, 0.15) is 0 Å². The summed E-state index contributed by atoms with van der Waals surface area (Å²) >= 11 is 0. The molecule has 1 atom stereocenters. The molecule has 3 aromatic rings. The van der Waals surface area contributed by atoms with Gasteiger partial charge >= 0.3 is 0 Å². The summed E-state index contributed by atoms with van der Waals surface area (Å²) in [5, 5.41) is 2.52. The Morgan fingerprint density at radius 3 is 2.26 bits per heavy atom. The molecule has 1 amide bonds. The van der Waals surface area contributed by atoms with Gasteiger partial charge in [0.2, 0.25) is 5.91 Å². The maximum absolute atomic E-state index is 13.0. The maximum Gasteiger partial charge on any atom is 0.258 e. The molecule has 0 spiro atoms. The van der Waals surface area contributed by atoms with E-state index in [0.29, 0.717) is 6.42 Å². The number of amides is 1. The van der Waals surface area contributed by atoms with Crippen molar-refractivity contribution in [2.24, 2.45) is 5.92 Å². The van der Waals surface area contributed by atoms with Gasteiger partial charge in [-0.2, -0.15) is 0 Å². The van der Waals surface area contributed by atoms with Crippen molar-refractivity contribution in [2.75, 3.05) is 13.1 Å². The number of nitrogens with zero attached hydrogens (tertiary/aromatic N) is 1. The molecule has 0 aliphatic rings. The topological polar surface area (TPSA) is 105 Å². The fourth-order valence-corrected chi connectivity index (χ4v) is 4.51. The van der Waals surface area contributed by atoms with Crippen LogP contribution in [-0.2, 0) is 19.6 Å². The molecule has 178 valence electrons. The Hall–Kier alpha value is -3.36. The first kappa shape index (κ1) is 25.3. The standard InChI is InChI=1S/C26H29N3O4S/c1-19(2)15-24(22-12-8-11-21(16-22)20-9-4-3-5-10-20)26(31)28-17-23(30)18-29-34(32,33)25-13-6-7-14-27-25/h3-14,16,19,24,29H,15,17-18H2,1-2H3,(H,28,31)/t24-/m1/s1. The third-order valence-electron chi connectivity index (χ3n) is 5.25. The monoisotopic (exact) mass is 479 g/mol. The molecule has 2 N–H and O–H groups in total. The SMILES string of the molecule is CC(C)C[C@@H](C(=O)NCC(=O)CNS(=O)(=O)c1ccccn1)c1cccc(-c2ccccc2)c1. The van der Waals surface area contributed by atoms with Gasteiger partial charge in [0.15, 0.2) is 10.8 Å². The van der Waals surface area contributed by atoms with Crippen molar-refractivity contribution in [1.82, 2.24) is 15.0 Å². The third-order valence-corrected chi connectivity index (χ3v) is 6.57. The van der Waals surface area contributed by atoms with E-state index in [9.17, 15) is 18.0 Å². The Morgan fingerprint density at radius 1 is 0.882 bits per heavy atom.